The van der Waals surface area contributed by atoms with Crippen molar-refractivity contribution in [1.82, 2.24) is 10.2 Å². The largest absolute Gasteiger partial charge is 0.389 e. The van der Waals surface area contributed by atoms with Crippen LogP contribution in [0.3, 0.4) is 0 Å². The zero-order valence-electron chi connectivity index (χ0n) is 14.6. The molecule has 0 bridgehead atoms. The van der Waals surface area contributed by atoms with Crippen LogP contribution < -0.4 is 5.32 Å². The van der Waals surface area contributed by atoms with Crippen molar-refractivity contribution in [3.8, 4) is 0 Å². The second-order valence-electron chi connectivity index (χ2n) is 7.66. The zero-order chi connectivity index (χ0) is 16.8. The topological polar surface area (TPSA) is 35.5 Å². The van der Waals surface area contributed by atoms with Gasteiger partial charge in [0.05, 0.1) is 5.60 Å². The number of hydrogen-bond acceptors (Lipinski definition) is 3. The molecule has 2 fully saturated rings. The van der Waals surface area contributed by atoms with Crippen LogP contribution >= 0.6 is 0 Å². The maximum Gasteiger partial charge on any atom is 0.123 e. The van der Waals surface area contributed by atoms with Crippen LogP contribution in [-0.4, -0.2) is 47.8 Å². The first kappa shape index (κ1) is 17.8. The summed E-state index contributed by atoms with van der Waals surface area (Å²) < 4.78 is 12.9. The minimum Gasteiger partial charge on any atom is -0.389 e. The fourth-order valence-electron chi connectivity index (χ4n) is 4.02. The van der Waals surface area contributed by atoms with E-state index in [1.807, 2.05) is 12.1 Å². The molecule has 3 nitrogen and oxygen atoms in total. The van der Waals surface area contributed by atoms with Gasteiger partial charge >= 0.3 is 0 Å². The molecule has 24 heavy (non-hydrogen) atoms. The Morgan fingerprint density at radius 1 is 1.08 bits per heavy atom. The van der Waals surface area contributed by atoms with Crippen LogP contribution in [0.5, 0.6) is 0 Å². The van der Waals surface area contributed by atoms with E-state index in [1.54, 1.807) is 12.1 Å². The average Bonchev–Trinajstić information content (AvgIpc) is 2.61. The summed E-state index contributed by atoms with van der Waals surface area (Å²) in [4.78, 5) is 2.50. The molecule has 1 aliphatic carbocycles. The summed E-state index contributed by atoms with van der Waals surface area (Å²) in [5.41, 5.74) is 0.744. The van der Waals surface area contributed by atoms with E-state index in [-0.39, 0.29) is 5.82 Å². The molecule has 3 rings (SSSR count). The van der Waals surface area contributed by atoms with E-state index in [0.717, 1.165) is 58.3 Å². The van der Waals surface area contributed by atoms with Gasteiger partial charge in [-0.1, -0.05) is 31.4 Å². The van der Waals surface area contributed by atoms with E-state index in [4.69, 9.17) is 0 Å². The van der Waals surface area contributed by atoms with Gasteiger partial charge in [-0.3, -0.25) is 0 Å². The van der Waals surface area contributed by atoms with Gasteiger partial charge in [0.2, 0.25) is 0 Å². The predicted molar refractivity (Wildman–Crippen MR) is 95.6 cm³/mol. The number of aliphatic hydroxyl groups is 1. The number of likely N-dealkylation sites (tertiary alicyclic amines) is 1. The van der Waals surface area contributed by atoms with Crippen LogP contribution in [0.4, 0.5) is 4.39 Å². The third kappa shape index (κ3) is 5.27. The van der Waals surface area contributed by atoms with E-state index in [9.17, 15) is 9.50 Å². The molecule has 2 N–H and O–H groups in total. The molecule has 2 aliphatic rings. The van der Waals surface area contributed by atoms with Crippen molar-refractivity contribution in [2.75, 3.05) is 26.2 Å². The highest BCUT2D eigenvalue weighted by Crippen LogP contribution is 2.27. The van der Waals surface area contributed by atoms with Gasteiger partial charge in [0.15, 0.2) is 0 Å². The van der Waals surface area contributed by atoms with Crippen LogP contribution in [-0.2, 0) is 6.42 Å². The summed E-state index contributed by atoms with van der Waals surface area (Å²) >= 11 is 0. The summed E-state index contributed by atoms with van der Waals surface area (Å²) in [6.07, 6.45) is 8.80. The smallest absolute Gasteiger partial charge is 0.123 e. The van der Waals surface area contributed by atoms with Crippen molar-refractivity contribution in [2.45, 2.75) is 63.0 Å². The van der Waals surface area contributed by atoms with Crippen molar-refractivity contribution >= 4 is 0 Å². The molecule has 0 atom stereocenters. The standard InChI is InChI=1S/C20H31FN2O/c21-18-6-4-17(5-7-18)8-13-23-14-9-19(10-15-23)22-16-20(24)11-2-1-3-12-20/h4-7,19,22,24H,1-3,8-16H2. The first-order valence-electron chi connectivity index (χ1n) is 9.56. The van der Waals surface area contributed by atoms with Crippen molar-refractivity contribution in [3.05, 3.63) is 35.6 Å². The molecule has 0 radical (unpaired) electrons. The molecule has 134 valence electrons. The van der Waals surface area contributed by atoms with E-state index >= 15 is 0 Å². The molecule has 4 heteroatoms. The third-order valence-corrected chi connectivity index (χ3v) is 5.72. The van der Waals surface area contributed by atoms with Crippen LogP contribution in [0.25, 0.3) is 0 Å². The number of hydrogen-bond donors (Lipinski definition) is 2. The SMILES string of the molecule is OC1(CNC2CCN(CCc3ccc(F)cc3)CC2)CCCCC1. The number of piperidine rings is 1. The first-order valence-corrected chi connectivity index (χ1v) is 9.56. The predicted octanol–water partition coefficient (Wildman–Crippen LogP) is 3.12. The van der Waals surface area contributed by atoms with Crippen LogP contribution in [0.15, 0.2) is 24.3 Å². The van der Waals surface area contributed by atoms with Crippen molar-refractivity contribution in [1.29, 1.82) is 0 Å². The molecular weight excluding hydrogens is 303 g/mol. The van der Waals surface area contributed by atoms with Gasteiger partial charge in [0.1, 0.15) is 5.82 Å². The lowest BCUT2D eigenvalue weighted by atomic mass is 9.84. The molecule has 1 aromatic rings. The van der Waals surface area contributed by atoms with Gasteiger partial charge in [-0.25, -0.2) is 4.39 Å². The molecule has 0 aromatic heterocycles. The number of halogens is 1. The van der Waals surface area contributed by atoms with E-state index < -0.39 is 5.60 Å². The summed E-state index contributed by atoms with van der Waals surface area (Å²) in [7, 11) is 0. The first-order chi connectivity index (χ1) is 11.6. The van der Waals surface area contributed by atoms with E-state index in [0.29, 0.717) is 6.04 Å². The van der Waals surface area contributed by atoms with E-state index in [2.05, 4.69) is 10.2 Å². The summed E-state index contributed by atoms with van der Waals surface area (Å²) in [5, 5.41) is 14.2. The van der Waals surface area contributed by atoms with Crippen molar-refractivity contribution < 1.29 is 9.50 Å². The van der Waals surface area contributed by atoms with Gasteiger partial charge in [0.25, 0.3) is 0 Å². The van der Waals surface area contributed by atoms with Crippen molar-refractivity contribution in [3.63, 3.8) is 0 Å². The van der Waals surface area contributed by atoms with Crippen LogP contribution in [0.1, 0.15) is 50.5 Å². The Labute approximate surface area is 145 Å². The summed E-state index contributed by atoms with van der Waals surface area (Å²) in [6.45, 7) is 4.02. The Bertz CT molecular complexity index is 491. The van der Waals surface area contributed by atoms with Crippen LogP contribution in [0, 0.1) is 5.82 Å². The Balaban J connectivity index is 1.34. The average molecular weight is 334 g/mol. The molecule has 0 amide bonds. The third-order valence-electron chi connectivity index (χ3n) is 5.72. The molecule has 1 aromatic carbocycles. The highest BCUT2D eigenvalue weighted by atomic mass is 19.1. The number of rotatable bonds is 6. The molecular formula is C20H31FN2O. The van der Waals surface area contributed by atoms with E-state index in [1.165, 1.54) is 24.8 Å². The monoisotopic (exact) mass is 334 g/mol. The van der Waals surface area contributed by atoms with Crippen molar-refractivity contribution in [2.24, 2.45) is 0 Å². The Kier molecular flexibility index (Phi) is 6.25. The van der Waals surface area contributed by atoms with Gasteiger partial charge < -0.3 is 15.3 Å². The minimum absolute atomic E-state index is 0.162. The highest BCUT2D eigenvalue weighted by Gasteiger charge is 2.30. The van der Waals surface area contributed by atoms with Gasteiger partial charge in [0, 0.05) is 19.1 Å². The molecule has 1 saturated carbocycles. The molecule has 1 aliphatic heterocycles. The van der Waals surface area contributed by atoms with Crippen LogP contribution in [0.2, 0.25) is 0 Å². The normalized spacial score (nSPS) is 22.6. The molecule has 0 spiro atoms. The Hall–Kier alpha value is -0.970. The Morgan fingerprint density at radius 3 is 2.42 bits per heavy atom. The highest BCUT2D eigenvalue weighted by molar-refractivity contribution is 5.16. The minimum atomic E-state index is -0.460. The van der Waals surface area contributed by atoms with Gasteiger partial charge in [-0.05, 0) is 62.9 Å². The molecule has 0 unspecified atom stereocenters. The fourth-order valence-corrected chi connectivity index (χ4v) is 4.02. The lowest BCUT2D eigenvalue weighted by Crippen LogP contribution is -2.49. The van der Waals surface area contributed by atoms with Gasteiger partial charge in [-0.15, -0.1) is 0 Å². The zero-order valence-corrected chi connectivity index (χ0v) is 14.6. The lowest BCUT2D eigenvalue weighted by molar-refractivity contribution is 0.000766. The van der Waals surface area contributed by atoms with Gasteiger partial charge in [-0.2, -0.15) is 0 Å². The lowest BCUT2D eigenvalue weighted by Gasteiger charge is -2.37. The Morgan fingerprint density at radius 2 is 1.75 bits per heavy atom. The maximum absolute atomic E-state index is 12.9. The second kappa shape index (κ2) is 8.41. The quantitative estimate of drug-likeness (QED) is 0.839. The number of nitrogens with one attached hydrogen (secondary N) is 1. The number of benzene rings is 1. The summed E-state index contributed by atoms with van der Waals surface area (Å²) in [6, 6.07) is 7.39. The fraction of sp³-hybridized carbons (Fsp3) is 0.700. The number of nitrogens with zero attached hydrogens (tertiary/aromatic N) is 1. The molecule has 1 saturated heterocycles. The summed E-state index contributed by atoms with van der Waals surface area (Å²) in [5.74, 6) is -0.162. The molecule has 1 heterocycles. The maximum atomic E-state index is 12.9. The second-order valence-corrected chi connectivity index (χ2v) is 7.66.